The van der Waals surface area contributed by atoms with Gasteiger partial charge in [-0.2, -0.15) is 0 Å². The molecule has 0 aliphatic heterocycles. The highest BCUT2D eigenvalue weighted by atomic mass is 28.3. The highest BCUT2D eigenvalue weighted by molar-refractivity contribution is 7.20. The molecule has 14 aromatic rings. The number of rotatable bonds is 8. The first-order valence-electron chi connectivity index (χ1n) is 24.2. The van der Waals surface area contributed by atoms with Gasteiger partial charge in [0.15, 0.2) is 8.07 Å². The van der Waals surface area contributed by atoms with E-state index in [0.717, 1.165) is 28.1 Å². The SMILES string of the molecule is c1ccc(-c2ccc(-n3c4ccccc4c4cccc(-n5c6cc([Si](c7ccccc7)(c7ccccc7)c7ccccc7)ccc6c6cccc(-n7c8ccccc8c8ccccc87)c65)c43)cc2)cc1. The first-order chi connectivity index (χ1) is 34.8. The number of hydrogen-bond donors (Lipinski definition) is 0. The van der Waals surface area contributed by atoms with Crippen LogP contribution in [0.3, 0.4) is 0 Å². The van der Waals surface area contributed by atoms with Crippen LogP contribution in [0.15, 0.2) is 273 Å². The Morgan fingerprint density at radius 1 is 0.229 bits per heavy atom. The van der Waals surface area contributed by atoms with E-state index in [2.05, 4.69) is 287 Å². The van der Waals surface area contributed by atoms with Gasteiger partial charge >= 0.3 is 0 Å². The summed E-state index contributed by atoms with van der Waals surface area (Å²) >= 11 is 0. The van der Waals surface area contributed by atoms with Crippen molar-refractivity contribution in [1.82, 2.24) is 13.7 Å². The molecule has 0 aliphatic rings. The van der Waals surface area contributed by atoms with Crippen LogP contribution in [0.2, 0.25) is 0 Å². The van der Waals surface area contributed by atoms with Gasteiger partial charge in [0, 0.05) is 38.0 Å². The molecule has 70 heavy (non-hydrogen) atoms. The minimum Gasteiger partial charge on any atom is -0.307 e. The van der Waals surface area contributed by atoms with Crippen LogP contribution >= 0.6 is 0 Å². The third-order valence-corrected chi connectivity index (χ3v) is 19.6. The smallest absolute Gasteiger partial charge is 0.179 e. The maximum atomic E-state index is 2.61. The summed E-state index contributed by atoms with van der Waals surface area (Å²) in [6, 6.07) is 101. The minimum atomic E-state index is -2.93. The normalized spacial score (nSPS) is 12.0. The van der Waals surface area contributed by atoms with Crippen LogP contribution in [0.4, 0.5) is 0 Å². The van der Waals surface area contributed by atoms with Gasteiger partial charge < -0.3 is 13.7 Å². The van der Waals surface area contributed by atoms with Crippen LogP contribution < -0.4 is 20.7 Å². The van der Waals surface area contributed by atoms with E-state index in [9.17, 15) is 0 Å². The molecule has 11 aromatic carbocycles. The average molecular weight is 908 g/mol. The summed E-state index contributed by atoms with van der Waals surface area (Å²) in [5.41, 5.74) is 12.8. The van der Waals surface area contributed by atoms with Crippen molar-refractivity contribution in [3.05, 3.63) is 273 Å². The molecule has 0 spiro atoms. The van der Waals surface area contributed by atoms with Crippen molar-refractivity contribution in [2.24, 2.45) is 0 Å². The van der Waals surface area contributed by atoms with Crippen molar-refractivity contribution < 1.29 is 0 Å². The monoisotopic (exact) mass is 907 g/mol. The third kappa shape index (κ3) is 5.94. The molecule has 0 radical (unpaired) electrons. The standard InChI is InChI=1S/C66H45N3Si/c1-5-21-46(22-6-1)47-39-41-48(42-40-47)67-59-34-16-15-31-55(59)57-32-20-38-63(65(57)67)69-64-45-52(70(49-23-7-2-8-24-49,50-25-9-3-10-26-50)51-27-11-4-12-28-51)43-44-56(64)58-33-19-37-62(66(58)69)68-60-35-17-13-29-53(60)54-30-14-18-36-61(54)68/h1-45H. The van der Waals surface area contributed by atoms with Crippen molar-refractivity contribution in [1.29, 1.82) is 0 Å². The molecular formula is C66H45N3Si. The van der Waals surface area contributed by atoms with Crippen LogP contribution in [0.5, 0.6) is 0 Å². The third-order valence-electron chi connectivity index (χ3n) is 14.8. The molecule has 0 fully saturated rings. The largest absolute Gasteiger partial charge is 0.307 e. The van der Waals surface area contributed by atoms with Gasteiger partial charge in [0.05, 0.1) is 44.5 Å². The summed E-state index contributed by atoms with van der Waals surface area (Å²) in [4.78, 5) is 0. The zero-order valence-corrected chi connectivity index (χ0v) is 39.3. The Bertz CT molecular complexity index is 4110. The lowest BCUT2D eigenvalue weighted by Gasteiger charge is -2.34. The van der Waals surface area contributed by atoms with Gasteiger partial charge in [0.25, 0.3) is 0 Å². The predicted octanol–water partition coefficient (Wildman–Crippen LogP) is 14.0. The van der Waals surface area contributed by atoms with Gasteiger partial charge in [-0.25, -0.2) is 0 Å². The van der Waals surface area contributed by atoms with Gasteiger partial charge in [0.1, 0.15) is 0 Å². The van der Waals surface area contributed by atoms with Crippen LogP contribution in [-0.4, -0.2) is 21.8 Å². The molecule has 0 aliphatic carbocycles. The molecule has 0 atom stereocenters. The molecule has 0 saturated carbocycles. The summed E-state index contributed by atoms with van der Waals surface area (Å²) in [7, 11) is -2.93. The first kappa shape index (κ1) is 40.1. The molecular weight excluding hydrogens is 863 g/mol. The highest BCUT2D eigenvalue weighted by Crippen LogP contribution is 2.43. The van der Waals surface area contributed by atoms with E-state index in [4.69, 9.17) is 0 Å². The zero-order chi connectivity index (χ0) is 46.2. The molecule has 3 nitrogen and oxygen atoms in total. The Morgan fingerprint density at radius 2 is 0.614 bits per heavy atom. The second-order valence-electron chi connectivity index (χ2n) is 18.4. The predicted molar refractivity (Wildman–Crippen MR) is 299 cm³/mol. The molecule has 0 amide bonds. The quantitative estimate of drug-likeness (QED) is 0.107. The lowest BCUT2D eigenvalue weighted by atomic mass is 10.1. The Labute approximate surface area is 407 Å². The molecule has 0 saturated heterocycles. The first-order valence-corrected chi connectivity index (χ1v) is 26.2. The van der Waals surface area contributed by atoms with Gasteiger partial charge in [0.2, 0.25) is 0 Å². The van der Waals surface area contributed by atoms with E-state index in [1.165, 1.54) is 86.3 Å². The number of para-hydroxylation sites is 5. The summed E-state index contributed by atoms with van der Waals surface area (Å²) < 4.78 is 7.61. The van der Waals surface area contributed by atoms with E-state index in [0.29, 0.717) is 0 Å². The van der Waals surface area contributed by atoms with Crippen LogP contribution in [0, 0.1) is 0 Å². The van der Waals surface area contributed by atoms with Gasteiger partial charge in [-0.3, -0.25) is 0 Å². The van der Waals surface area contributed by atoms with Crippen molar-refractivity contribution in [2.75, 3.05) is 0 Å². The van der Waals surface area contributed by atoms with Crippen LogP contribution in [-0.2, 0) is 0 Å². The van der Waals surface area contributed by atoms with Crippen molar-refractivity contribution in [2.45, 2.75) is 0 Å². The number of fused-ring (bicyclic) bond motifs is 9. The minimum absolute atomic E-state index is 1.12. The van der Waals surface area contributed by atoms with Gasteiger partial charge in [-0.05, 0) is 80.4 Å². The lowest BCUT2D eigenvalue weighted by Crippen LogP contribution is -2.74. The summed E-state index contributed by atoms with van der Waals surface area (Å²) in [5.74, 6) is 0. The molecule has 4 heteroatoms. The van der Waals surface area contributed by atoms with E-state index in [-0.39, 0.29) is 0 Å². The molecule has 3 aromatic heterocycles. The Kier molecular flexibility index (Phi) is 9.23. The lowest BCUT2D eigenvalue weighted by molar-refractivity contribution is 1.11. The second kappa shape index (κ2) is 16.1. The molecule has 0 unspecified atom stereocenters. The van der Waals surface area contributed by atoms with Gasteiger partial charge in [-0.15, -0.1) is 0 Å². The maximum Gasteiger partial charge on any atom is 0.179 e. The van der Waals surface area contributed by atoms with E-state index >= 15 is 0 Å². The van der Waals surface area contributed by atoms with Crippen molar-refractivity contribution >= 4 is 94.2 Å². The zero-order valence-electron chi connectivity index (χ0n) is 38.3. The van der Waals surface area contributed by atoms with E-state index < -0.39 is 8.07 Å². The molecule has 0 N–H and O–H groups in total. The van der Waals surface area contributed by atoms with E-state index in [1.807, 2.05) is 0 Å². The van der Waals surface area contributed by atoms with Crippen molar-refractivity contribution in [3.8, 4) is 28.2 Å². The molecule has 14 rings (SSSR count). The summed E-state index contributed by atoms with van der Waals surface area (Å²) in [5, 5.41) is 12.7. The average Bonchev–Trinajstić information content (AvgIpc) is 4.09. The number of nitrogens with zero attached hydrogens (tertiary/aromatic N) is 3. The maximum absolute atomic E-state index is 2.93. The van der Waals surface area contributed by atoms with Crippen LogP contribution in [0.25, 0.3) is 93.6 Å². The Balaban J connectivity index is 1.15. The van der Waals surface area contributed by atoms with Crippen molar-refractivity contribution in [3.63, 3.8) is 0 Å². The molecule has 0 bridgehead atoms. The highest BCUT2D eigenvalue weighted by Gasteiger charge is 2.42. The van der Waals surface area contributed by atoms with Gasteiger partial charge in [-0.1, -0.05) is 224 Å². The number of benzene rings is 11. The fraction of sp³-hybridized carbons (Fsp3) is 0. The molecule has 3 heterocycles. The van der Waals surface area contributed by atoms with E-state index in [1.54, 1.807) is 0 Å². The number of aromatic nitrogens is 3. The fourth-order valence-electron chi connectivity index (χ4n) is 11.8. The topological polar surface area (TPSA) is 14.8 Å². The summed E-state index contributed by atoms with van der Waals surface area (Å²) in [6.07, 6.45) is 0. The Morgan fingerprint density at radius 3 is 1.14 bits per heavy atom. The number of hydrogen-bond acceptors (Lipinski definition) is 0. The van der Waals surface area contributed by atoms with Crippen LogP contribution in [0.1, 0.15) is 0 Å². The molecule has 328 valence electrons. The Hall–Kier alpha value is -8.96. The fourth-order valence-corrected chi connectivity index (χ4v) is 16.6. The second-order valence-corrected chi connectivity index (χ2v) is 22.2. The summed E-state index contributed by atoms with van der Waals surface area (Å²) in [6.45, 7) is 0.